The summed E-state index contributed by atoms with van der Waals surface area (Å²) in [6.07, 6.45) is 7.94. The van der Waals surface area contributed by atoms with E-state index in [0.717, 1.165) is 30.5 Å². The van der Waals surface area contributed by atoms with E-state index in [2.05, 4.69) is 29.0 Å². The topological polar surface area (TPSA) is 77.8 Å². The van der Waals surface area contributed by atoms with Crippen molar-refractivity contribution >= 4 is 17.7 Å². The Bertz CT molecular complexity index is 792. The zero-order valence-corrected chi connectivity index (χ0v) is 12.8. The van der Waals surface area contributed by atoms with Crippen LogP contribution in [-0.4, -0.2) is 9.97 Å². The van der Waals surface area contributed by atoms with Crippen LogP contribution in [0.3, 0.4) is 0 Å². The molecule has 0 amide bonds. The van der Waals surface area contributed by atoms with Crippen LogP contribution in [0.1, 0.15) is 47.2 Å². The molecule has 4 rings (SSSR count). The summed E-state index contributed by atoms with van der Waals surface area (Å²) in [5, 5.41) is 0. The predicted molar refractivity (Wildman–Crippen MR) is 89.4 cm³/mol. The molecule has 2 heterocycles. The second kappa shape index (κ2) is 4.83. The normalized spacial score (nSPS) is 19.0. The van der Waals surface area contributed by atoms with Crippen molar-refractivity contribution in [2.24, 2.45) is 0 Å². The lowest BCUT2D eigenvalue weighted by Gasteiger charge is -2.10. The standard InChI is InChI=1S/C18H20N4/c1-10-2-3-14-15(10)9-13(22-18(14)20)7-11-6-12-4-5-21-17(19)16(12)8-11/h4-5,8-10H,2-3,6-7H2,1H3,(H2,19,21)(H2,20,22). The first-order valence-electron chi connectivity index (χ1n) is 7.83. The Kier molecular flexibility index (Phi) is 2.93. The van der Waals surface area contributed by atoms with Gasteiger partial charge in [0.05, 0.1) is 0 Å². The molecule has 4 nitrogen and oxygen atoms in total. The lowest BCUT2D eigenvalue weighted by atomic mass is 10.0. The molecule has 112 valence electrons. The van der Waals surface area contributed by atoms with Gasteiger partial charge in [-0.1, -0.05) is 18.6 Å². The molecule has 22 heavy (non-hydrogen) atoms. The molecule has 2 aliphatic carbocycles. The number of aromatic nitrogens is 2. The van der Waals surface area contributed by atoms with Crippen LogP contribution in [-0.2, 0) is 19.3 Å². The first-order valence-corrected chi connectivity index (χ1v) is 7.83. The fourth-order valence-electron chi connectivity index (χ4n) is 3.69. The van der Waals surface area contributed by atoms with Crippen LogP contribution in [0.25, 0.3) is 6.08 Å². The predicted octanol–water partition coefficient (Wildman–Crippen LogP) is 2.87. The molecule has 2 aromatic heterocycles. The highest BCUT2D eigenvalue weighted by atomic mass is 14.9. The molecule has 2 aromatic rings. The Morgan fingerprint density at radius 2 is 2.14 bits per heavy atom. The highest BCUT2D eigenvalue weighted by Gasteiger charge is 2.23. The quantitative estimate of drug-likeness (QED) is 0.892. The van der Waals surface area contributed by atoms with Crippen LogP contribution < -0.4 is 11.5 Å². The smallest absolute Gasteiger partial charge is 0.130 e. The average Bonchev–Trinajstić information content (AvgIpc) is 3.05. The minimum atomic E-state index is 0.591. The molecule has 4 heteroatoms. The number of fused-ring (bicyclic) bond motifs is 2. The molecule has 0 aromatic carbocycles. The van der Waals surface area contributed by atoms with E-state index in [1.165, 1.54) is 28.7 Å². The molecule has 0 saturated heterocycles. The molecular weight excluding hydrogens is 272 g/mol. The van der Waals surface area contributed by atoms with E-state index in [1.807, 2.05) is 6.07 Å². The van der Waals surface area contributed by atoms with Crippen LogP contribution in [0.2, 0.25) is 0 Å². The number of allylic oxidation sites excluding steroid dienone is 1. The maximum absolute atomic E-state index is 6.16. The van der Waals surface area contributed by atoms with Crippen molar-refractivity contribution in [2.45, 2.75) is 38.5 Å². The molecule has 0 aliphatic heterocycles. The number of rotatable bonds is 2. The van der Waals surface area contributed by atoms with Gasteiger partial charge in [-0.15, -0.1) is 0 Å². The van der Waals surface area contributed by atoms with Crippen molar-refractivity contribution in [2.75, 3.05) is 11.5 Å². The molecule has 0 fully saturated rings. The van der Waals surface area contributed by atoms with Crippen molar-refractivity contribution in [1.29, 1.82) is 0 Å². The van der Waals surface area contributed by atoms with Crippen molar-refractivity contribution in [3.63, 3.8) is 0 Å². The Morgan fingerprint density at radius 3 is 2.95 bits per heavy atom. The maximum atomic E-state index is 6.16. The van der Waals surface area contributed by atoms with E-state index in [1.54, 1.807) is 6.20 Å². The van der Waals surface area contributed by atoms with Crippen LogP contribution in [0.5, 0.6) is 0 Å². The van der Waals surface area contributed by atoms with Gasteiger partial charge in [0.25, 0.3) is 0 Å². The van der Waals surface area contributed by atoms with Gasteiger partial charge in [0.1, 0.15) is 11.6 Å². The summed E-state index contributed by atoms with van der Waals surface area (Å²) in [7, 11) is 0. The summed E-state index contributed by atoms with van der Waals surface area (Å²) in [5.74, 6) is 1.92. The van der Waals surface area contributed by atoms with Gasteiger partial charge in [0.2, 0.25) is 0 Å². The summed E-state index contributed by atoms with van der Waals surface area (Å²) in [6, 6.07) is 4.29. The highest BCUT2D eigenvalue weighted by molar-refractivity contribution is 5.71. The Labute approximate surface area is 130 Å². The minimum Gasteiger partial charge on any atom is -0.383 e. The molecule has 0 bridgehead atoms. The van der Waals surface area contributed by atoms with Crippen molar-refractivity contribution in [1.82, 2.24) is 9.97 Å². The number of nitrogens with two attached hydrogens (primary N) is 2. The lowest BCUT2D eigenvalue weighted by Crippen LogP contribution is -2.03. The number of nitrogen functional groups attached to an aromatic ring is 2. The summed E-state index contributed by atoms with van der Waals surface area (Å²) in [4.78, 5) is 8.78. The molecule has 0 spiro atoms. The minimum absolute atomic E-state index is 0.591. The third kappa shape index (κ3) is 2.06. The van der Waals surface area contributed by atoms with Crippen molar-refractivity contribution < 1.29 is 0 Å². The van der Waals surface area contributed by atoms with Gasteiger partial charge in [-0.25, -0.2) is 9.97 Å². The van der Waals surface area contributed by atoms with Crippen LogP contribution in [0.4, 0.5) is 11.6 Å². The Balaban J connectivity index is 1.64. The van der Waals surface area contributed by atoms with Crippen LogP contribution >= 0.6 is 0 Å². The van der Waals surface area contributed by atoms with Crippen LogP contribution in [0.15, 0.2) is 23.9 Å². The average molecular weight is 292 g/mol. The number of nitrogens with zero attached hydrogens (tertiary/aromatic N) is 2. The van der Waals surface area contributed by atoms with Gasteiger partial charge < -0.3 is 11.5 Å². The molecule has 4 N–H and O–H groups in total. The van der Waals surface area contributed by atoms with Crippen LogP contribution in [0, 0.1) is 0 Å². The summed E-state index contributed by atoms with van der Waals surface area (Å²) in [6.45, 7) is 2.27. The number of pyridine rings is 2. The Morgan fingerprint density at radius 1 is 1.27 bits per heavy atom. The summed E-state index contributed by atoms with van der Waals surface area (Å²) >= 11 is 0. The molecule has 1 unspecified atom stereocenters. The van der Waals surface area contributed by atoms with Gasteiger partial charge >= 0.3 is 0 Å². The molecular formula is C18H20N4. The molecule has 0 radical (unpaired) electrons. The van der Waals surface area contributed by atoms with Gasteiger partial charge in [-0.3, -0.25) is 0 Å². The number of hydrogen-bond acceptors (Lipinski definition) is 4. The fraction of sp³-hybridized carbons (Fsp3) is 0.333. The zero-order valence-electron chi connectivity index (χ0n) is 12.8. The van der Waals surface area contributed by atoms with Gasteiger partial charge in [-0.05, 0) is 54.0 Å². The Hall–Kier alpha value is -2.36. The number of anilines is 2. The van der Waals surface area contributed by atoms with E-state index in [-0.39, 0.29) is 0 Å². The molecule has 2 aliphatic rings. The summed E-state index contributed by atoms with van der Waals surface area (Å²) in [5.41, 5.74) is 19.5. The van der Waals surface area contributed by atoms with Gasteiger partial charge in [0.15, 0.2) is 0 Å². The third-order valence-corrected chi connectivity index (χ3v) is 4.89. The van der Waals surface area contributed by atoms with Crippen molar-refractivity contribution in [3.8, 4) is 0 Å². The SMILES string of the molecule is CC1CCc2c1cc(CC1=Cc3c(ccnc3N)C1)nc2N. The monoisotopic (exact) mass is 292 g/mol. The lowest BCUT2D eigenvalue weighted by molar-refractivity contribution is 0.746. The largest absolute Gasteiger partial charge is 0.383 e. The first-order chi connectivity index (χ1) is 10.6. The number of hydrogen-bond donors (Lipinski definition) is 2. The molecule has 0 saturated carbocycles. The van der Waals surface area contributed by atoms with E-state index in [4.69, 9.17) is 11.5 Å². The second-order valence-electron chi connectivity index (χ2n) is 6.43. The maximum Gasteiger partial charge on any atom is 0.130 e. The van der Waals surface area contributed by atoms with Gasteiger partial charge in [0, 0.05) is 23.9 Å². The zero-order chi connectivity index (χ0) is 15.3. The van der Waals surface area contributed by atoms with E-state index < -0.39 is 0 Å². The third-order valence-electron chi connectivity index (χ3n) is 4.89. The molecule has 1 atom stereocenters. The van der Waals surface area contributed by atoms with E-state index >= 15 is 0 Å². The van der Waals surface area contributed by atoms with Crippen molar-refractivity contribution in [3.05, 3.63) is 51.9 Å². The highest BCUT2D eigenvalue weighted by Crippen LogP contribution is 2.36. The van der Waals surface area contributed by atoms with Gasteiger partial charge in [-0.2, -0.15) is 0 Å². The fourth-order valence-corrected chi connectivity index (χ4v) is 3.69. The van der Waals surface area contributed by atoms with E-state index in [0.29, 0.717) is 17.6 Å². The van der Waals surface area contributed by atoms with E-state index in [9.17, 15) is 0 Å². The first kappa shape index (κ1) is 13.3. The second-order valence-corrected chi connectivity index (χ2v) is 6.43. The summed E-state index contributed by atoms with van der Waals surface area (Å²) < 4.78 is 0.